The second kappa shape index (κ2) is 11.8. The van der Waals surface area contributed by atoms with Gasteiger partial charge in [-0.1, -0.05) is 38.0 Å². The number of rotatable bonds is 8. The first-order valence-electron chi connectivity index (χ1n) is 13.3. The molecule has 1 aromatic heterocycles. The van der Waals surface area contributed by atoms with Crippen LogP contribution in [0.15, 0.2) is 48.5 Å². The van der Waals surface area contributed by atoms with Crippen molar-refractivity contribution in [3.05, 3.63) is 65.2 Å². The molecule has 1 heterocycles. The van der Waals surface area contributed by atoms with Crippen molar-refractivity contribution in [3.8, 4) is 5.75 Å². The number of carbonyl (C=O) groups is 2. The number of ether oxygens (including phenoxy) is 1. The zero-order chi connectivity index (χ0) is 27.3. The van der Waals surface area contributed by atoms with E-state index >= 15 is 0 Å². The minimum absolute atomic E-state index is 0.0132. The highest BCUT2D eigenvalue weighted by Crippen LogP contribution is 2.39. The van der Waals surface area contributed by atoms with Crippen LogP contribution in [0.2, 0.25) is 0 Å². The van der Waals surface area contributed by atoms with Crippen molar-refractivity contribution in [1.29, 1.82) is 0 Å². The number of nitrogens with zero attached hydrogens (tertiary/aromatic N) is 4. The lowest BCUT2D eigenvalue weighted by Gasteiger charge is -2.41. The second-order valence-corrected chi connectivity index (χ2v) is 11.4. The van der Waals surface area contributed by atoms with Crippen molar-refractivity contribution < 1.29 is 14.3 Å². The van der Waals surface area contributed by atoms with Crippen LogP contribution in [0, 0.1) is 11.3 Å². The van der Waals surface area contributed by atoms with E-state index in [2.05, 4.69) is 46.7 Å². The third kappa shape index (κ3) is 6.96. The number of amides is 2. The van der Waals surface area contributed by atoms with Crippen LogP contribution >= 0.6 is 0 Å². The van der Waals surface area contributed by atoms with E-state index in [9.17, 15) is 9.59 Å². The van der Waals surface area contributed by atoms with Crippen LogP contribution in [-0.2, 0) is 6.54 Å². The Balaban J connectivity index is 1.51. The summed E-state index contributed by atoms with van der Waals surface area (Å²) in [5, 5.41) is 15.8. The number of tetrazole rings is 1. The molecular formula is C29H38N6O3. The third-order valence-electron chi connectivity index (χ3n) is 7.24. The van der Waals surface area contributed by atoms with E-state index in [-0.39, 0.29) is 35.3 Å². The maximum Gasteiger partial charge on any atom is 0.270 e. The zero-order valence-electron chi connectivity index (χ0n) is 22.9. The quantitative estimate of drug-likeness (QED) is 0.408. The molecule has 2 aromatic carbocycles. The Morgan fingerprint density at radius 2 is 1.63 bits per heavy atom. The first-order valence-corrected chi connectivity index (χ1v) is 13.3. The number of carbonyl (C=O) groups excluding carboxylic acids is 2. The van der Waals surface area contributed by atoms with E-state index in [0.29, 0.717) is 23.6 Å². The largest absolute Gasteiger partial charge is 0.491 e. The Labute approximate surface area is 224 Å². The lowest BCUT2D eigenvalue weighted by molar-refractivity contribution is 0.0530. The van der Waals surface area contributed by atoms with Gasteiger partial charge in [-0.05, 0) is 98.0 Å². The Morgan fingerprint density at radius 3 is 2.18 bits per heavy atom. The van der Waals surface area contributed by atoms with E-state index in [1.165, 1.54) is 0 Å². The standard InChI is InChI=1S/C29H38N6O3/c1-19(2)38-25-16-10-22(11-17-25)27(37)35(24-14-12-23(13-15-24)29(3,4)5)18-20-6-8-21(9-7-20)26(36)30-28-31-33-34-32-28/h6-11,16-17,19,23-24H,12-15,18H2,1-5H3,(H2,30,31,32,33,34,36). The number of aromatic nitrogens is 4. The minimum Gasteiger partial charge on any atom is -0.491 e. The molecule has 0 bridgehead atoms. The highest BCUT2D eigenvalue weighted by atomic mass is 16.5. The summed E-state index contributed by atoms with van der Waals surface area (Å²) in [5.74, 6) is 1.21. The zero-order valence-corrected chi connectivity index (χ0v) is 22.9. The van der Waals surface area contributed by atoms with Gasteiger partial charge in [-0.2, -0.15) is 5.21 Å². The maximum absolute atomic E-state index is 13.8. The maximum atomic E-state index is 13.8. The van der Waals surface area contributed by atoms with E-state index in [1.54, 1.807) is 12.1 Å². The number of benzene rings is 2. The molecule has 1 saturated carbocycles. The van der Waals surface area contributed by atoms with Crippen LogP contribution < -0.4 is 10.1 Å². The fourth-order valence-corrected chi connectivity index (χ4v) is 5.08. The molecule has 3 aromatic rings. The van der Waals surface area contributed by atoms with Crippen molar-refractivity contribution >= 4 is 17.8 Å². The van der Waals surface area contributed by atoms with Gasteiger partial charge in [0.05, 0.1) is 6.10 Å². The van der Waals surface area contributed by atoms with Crippen LogP contribution in [0.3, 0.4) is 0 Å². The molecule has 0 unspecified atom stereocenters. The van der Waals surface area contributed by atoms with Gasteiger partial charge in [0.15, 0.2) is 0 Å². The van der Waals surface area contributed by atoms with Gasteiger partial charge >= 0.3 is 0 Å². The molecule has 0 radical (unpaired) electrons. The number of anilines is 1. The predicted molar refractivity (Wildman–Crippen MR) is 146 cm³/mol. The molecule has 9 nitrogen and oxygen atoms in total. The fourth-order valence-electron chi connectivity index (χ4n) is 5.08. The van der Waals surface area contributed by atoms with Gasteiger partial charge in [0.1, 0.15) is 5.75 Å². The molecule has 0 atom stereocenters. The Kier molecular flexibility index (Phi) is 8.44. The number of nitrogens with one attached hydrogen (secondary N) is 2. The molecule has 0 saturated heterocycles. The highest BCUT2D eigenvalue weighted by molar-refractivity contribution is 6.03. The van der Waals surface area contributed by atoms with E-state index in [4.69, 9.17) is 4.74 Å². The molecule has 38 heavy (non-hydrogen) atoms. The molecule has 0 aliphatic heterocycles. The van der Waals surface area contributed by atoms with E-state index in [0.717, 1.165) is 37.0 Å². The smallest absolute Gasteiger partial charge is 0.270 e. The molecule has 4 rings (SSSR count). The summed E-state index contributed by atoms with van der Waals surface area (Å²) in [6.45, 7) is 11.3. The Bertz CT molecular complexity index is 1190. The predicted octanol–water partition coefficient (Wildman–Crippen LogP) is 5.49. The SMILES string of the molecule is CC(C)Oc1ccc(C(=O)N(Cc2ccc(C(=O)Nc3nn[nH]n3)cc2)C2CCC(C(C)(C)C)CC2)cc1. The molecule has 1 aliphatic carbocycles. The summed E-state index contributed by atoms with van der Waals surface area (Å²) in [5.41, 5.74) is 2.36. The first-order chi connectivity index (χ1) is 18.1. The second-order valence-electron chi connectivity index (χ2n) is 11.4. The average molecular weight is 519 g/mol. The van der Waals surface area contributed by atoms with Crippen LogP contribution in [0.4, 0.5) is 5.95 Å². The molecular weight excluding hydrogens is 480 g/mol. The summed E-state index contributed by atoms with van der Waals surface area (Å²) in [4.78, 5) is 28.3. The average Bonchev–Trinajstić information content (AvgIpc) is 3.40. The van der Waals surface area contributed by atoms with Crippen LogP contribution in [0.25, 0.3) is 0 Å². The van der Waals surface area contributed by atoms with Gasteiger partial charge < -0.3 is 9.64 Å². The van der Waals surface area contributed by atoms with Gasteiger partial charge in [-0.3, -0.25) is 14.9 Å². The monoisotopic (exact) mass is 518 g/mol. The highest BCUT2D eigenvalue weighted by Gasteiger charge is 2.34. The molecule has 2 amide bonds. The molecule has 0 spiro atoms. The third-order valence-corrected chi connectivity index (χ3v) is 7.24. The van der Waals surface area contributed by atoms with Crippen LogP contribution in [0.5, 0.6) is 5.75 Å². The summed E-state index contributed by atoms with van der Waals surface area (Å²) in [6, 6.07) is 14.9. The Morgan fingerprint density at radius 1 is 1.00 bits per heavy atom. The number of hydrogen-bond acceptors (Lipinski definition) is 6. The Hall–Kier alpha value is -3.75. The van der Waals surface area contributed by atoms with Gasteiger partial charge in [0.25, 0.3) is 17.8 Å². The minimum atomic E-state index is -0.324. The molecule has 202 valence electrons. The lowest BCUT2D eigenvalue weighted by atomic mass is 9.71. The number of hydrogen-bond donors (Lipinski definition) is 2. The molecule has 1 fully saturated rings. The van der Waals surface area contributed by atoms with Crippen LogP contribution in [0.1, 0.15) is 86.6 Å². The van der Waals surface area contributed by atoms with Crippen molar-refractivity contribution in [2.45, 2.75) is 79.0 Å². The van der Waals surface area contributed by atoms with Crippen LogP contribution in [-0.4, -0.2) is 49.5 Å². The van der Waals surface area contributed by atoms with E-state index in [1.807, 2.05) is 55.1 Å². The normalized spacial score (nSPS) is 17.7. The summed E-state index contributed by atoms with van der Waals surface area (Å²) in [6.07, 6.45) is 4.24. The van der Waals surface area contributed by atoms with Gasteiger partial charge in [-0.25, -0.2) is 0 Å². The summed E-state index contributed by atoms with van der Waals surface area (Å²) in [7, 11) is 0. The van der Waals surface area contributed by atoms with Crippen molar-refractivity contribution in [2.75, 3.05) is 5.32 Å². The van der Waals surface area contributed by atoms with Crippen molar-refractivity contribution in [1.82, 2.24) is 25.5 Å². The summed E-state index contributed by atoms with van der Waals surface area (Å²) < 4.78 is 5.76. The van der Waals surface area contributed by atoms with Gasteiger partial charge in [0.2, 0.25) is 0 Å². The van der Waals surface area contributed by atoms with E-state index < -0.39 is 0 Å². The van der Waals surface area contributed by atoms with Crippen molar-refractivity contribution in [2.24, 2.45) is 11.3 Å². The number of H-pyrrole nitrogens is 1. The topological polar surface area (TPSA) is 113 Å². The lowest BCUT2D eigenvalue weighted by Crippen LogP contribution is -2.43. The molecule has 1 aliphatic rings. The van der Waals surface area contributed by atoms with Gasteiger partial charge in [-0.15, -0.1) is 5.10 Å². The molecule has 9 heteroatoms. The summed E-state index contributed by atoms with van der Waals surface area (Å²) >= 11 is 0. The fraction of sp³-hybridized carbons (Fsp3) is 0.483. The van der Waals surface area contributed by atoms with Crippen molar-refractivity contribution in [3.63, 3.8) is 0 Å². The van der Waals surface area contributed by atoms with Gasteiger partial charge in [0, 0.05) is 23.7 Å². The first kappa shape index (κ1) is 27.3. The molecule has 2 N–H and O–H groups in total. The number of aromatic amines is 1.